The van der Waals surface area contributed by atoms with Crippen molar-refractivity contribution >= 4 is 23.6 Å². The molecule has 28 heavy (non-hydrogen) atoms. The fourth-order valence-electron chi connectivity index (χ4n) is 3.20. The van der Waals surface area contributed by atoms with Gasteiger partial charge in [0.15, 0.2) is 5.78 Å². The topological polar surface area (TPSA) is 52.7 Å². The third kappa shape index (κ3) is 3.98. The average molecular weight is 375 g/mol. The number of carbonyl (C=O) groups excluding carboxylic acids is 2. The molecular formula is C23H25N3O2. The minimum atomic E-state index is -0.460. The van der Waals surface area contributed by atoms with Crippen molar-refractivity contribution in [2.75, 3.05) is 26.0 Å². The molecule has 2 aromatic rings. The maximum Gasteiger partial charge on any atom is 0.322 e. The van der Waals surface area contributed by atoms with Crippen LogP contribution in [0.25, 0.3) is 6.08 Å². The number of nitrogens with one attached hydrogen (secondary N) is 1. The van der Waals surface area contributed by atoms with Crippen LogP contribution in [0.4, 0.5) is 10.5 Å². The molecule has 1 N–H and O–H groups in total. The molecule has 0 spiro atoms. The van der Waals surface area contributed by atoms with E-state index in [1.165, 1.54) is 4.90 Å². The van der Waals surface area contributed by atoms with Gasteiger partial charge in [-0.1, -0.05) is 48.5 Å². The third-order valence-electron chi connectivity index (χ3n) is 4.99. The van der Waals surface area contributed by atoms with Gasteiger partial charge in [-0.05, 0) is 36.3 Å². The molecule has 0 aliphatic carbocycles. The predicted molar refractivity (Wildman–Crippen MR) is 113 cm³/mol. The van der Waals surface area contributed by atoms with Gasteiger partial charge in [0, 0.05) is 38.1 Å². The van der Waals surface area contributed by atoms with Crippen LogP contribution in [0, 0.1) is 0 Å². The van der Waals surface area contributed by atoms with Crippen LogP contribution in [0.15, 0.2) is 71.9 Å². The SMILES string of the molecule is CC1=C(C(=O)/C=C/c2ccc(N(C)C)cc2)[C@H](c2ccccc2)NC(=O)N1C. The first-order valence-corrected chi connectivity index (χ1v) is 9.18. The summed E-state index contributed by atoms with van der Waals surface area (Å²) in [6.45, 7) is 1.81. The van der Waals surface area contributed by atoms with E-state index in [1.54, 1.807) is 19.2 Å². The van der Waals surface area contributed by atoms with E-state index >= 15 is 0 Å². The van der Waals surface area contributed by atoms with E-state index in [0.29, 0.717) is 11.3 Å². The zero-order chi connectivity index (χ0) is 20.3. The van der Waals surface area contributed by atoms with Crippen molar-refractivity contribution in [3.63, 3.8) is 0 Å². The summed E-state index contributed by atoms with van der Waals surface area (Å²) in [5.41, 5.74) is 4.17. The number of benzene rings is 2. The fourth-order valence-corrected chi connectivity index (χ4v) is 3.20. The van der Waals surface area contributed by atoms with Crippen molar-refractivity contribution in [3.8, 4) is 0 Å². The molecule has 0 radical (unpaired) electrons. The summed E-state index contributed by atoms with van der Waals surface area (Å²) in [4.78, 5) is 28.8. The molecule has 3 rings (SSSR count). The molecule has 1 atom stereocenters. The fraction of sp³-hybridized carbons (Fsp3) is 0.217. The Kier molecular flexibility index (Phi) is 5.64. The van der Waals surface area contributed by atoms with Crippen LogP contribution in [0.1, 0.15) is 24.1 Å². The second-order valence-electron chi connectivity index (χ2n) is 7.03. The molecule has 2 aromatic carbocycles. The van der Waals surface area contributed by atoms with Gasteiger partial charge in [-0.25, -0.2) is 4.79 Å². The van der Waals surface area contributed by atoms with Gasteiger partial charge in [0.2, 0.25) is 0 Å². The number of allylic oxidation sites excluding steroid dienone is 2. The summed E-state index contributed by atoms with van der Waals surface area (Å²) in [5, 5.41) is 2.93. The van der Waals surface area contributed by atoms with Gasteiger partial charge < -0.3 is 15.1 Å². The van der Waals surface area contributed by atoms with Crippen molar-refractivity contribution in [1.82, 2.24) is 10.2 Å². The second-order valence-corrected chi connectivity index (χ2v) is 7.03. The maximum absolute atomic E-state index is 13.1. The molecular weight excluding hydrogens is 350 g/mol. The van der Waals surface area contributed by atoms with E-state index in [0.717, 1.165) is 16.8 Å². The average Bonchev–Trinajstić information content (AvgIpc) is 2.71. The predicted octanol–water partition coefficient (Wildman–Crippen LogP) is 4.01. The van der Waals surface area contributed by atoms with Gasteiger partial charge in [0.25, 0.3) is 0 Å². The first kappa shape index (κ1) is 19.4. The Morgan fingerprint density at radius 3 is 2.32 bits per heavy atom. The highest BCUT2D eigenvalue weighted by atomic mass is 16.2. The standard InChI is InChI=1S/C23H25N3O2/c1-16-21(20(27)15-12-17-10-13-19(14-11-17)25(2)3)22(24-23(28)26(16)4)18-8-6-5-7-9-18/h5-15,22H,1-4H3,(H,24,28)/b15-12+/t22-/m0/s1. The Bertz CT molecular complexity index is 928. The van der Waals surface area contributed by atoms with E-state index in [9.17, 15) is 9.59 Å². The van der Waals surface area contributed by atoms with E-state index < -0.39 is 6.04 Å². The number of anilines is 1. The van der Waals surface area contributed by atoms with E-state index in [4.69, 9.17) is 0 Å². The molecule has 0 unspecified atom stereocenters. The van der Waals surface area contributed by atoms with Crippen LogP contribution in [0.5, 0.6) is 0 Å². The number of hydrogen-bond acceptors (Lipinski definition) is 3. The van der Waals surface area contributed by atoms with Crippen LogP contribution < -0.4 is 10.2 Å². The van der Waals surface area contributed by atoms with Crippen molar-refractivity contribution in [3.05, 3.63) is 83.1 Å². The zero-order valence-corrected chi connectivity index (χ0v) is 16.6. The number of hydrogen-bond donors (Lipinski definition) is 1. The highest BCUT2D eigenvalue weighted by molar-refractivity contribution is 6.09. The number of ketones is 1. The Labute approximate surface area is 166 Å². The number of urea groups is 1. The normalized spacial score (nSPS) is 17.1. The third-order valence-corrected chi connectivity index (χ3v) is 4.99. The van der Waals surface area contributed by atoms with Crippen molar-refractivity contribution in [1.29, 1.82) is 0 Å². The van der Waals surface area contributed by atoms with Gasteiger partial charge in [-0.2, -0.15) is 0 Å². The number of nitrogens with zero attached hydrogens (tertiary/aromatic N) is 2. The lowest BCUT2D eigenvalue weighted by atomic mass is 9.91. The minimum Gasteiger partial charge on any atom is -0.378 e. The van der Waals surface area contributed by atoms with Crippen LogP contribution in [0.2, 0.25) is 0 Å². The quantitative estimate of drug-likeness (QED) is 0.804. The van der Waals surface area contributed by atoms with Gasteiger partial charge in [-0.3, -0.25) is 4.79 Å². The van der Waals surface area contributed by atoms with Gasteiger partial charge >= 0.3 is 6.03 Å². The minimum absolute atomic E-state index is 0.116. The molecule has 0 bridgehead atoms. The highest BCUT2D eigenvalue weighted by Crippen LogP contribution is 2.30. The first-order valence-electron chi connectivity index (χ1n) is 9.18. The van der Waals surface area contributed by atoms with E-state index in [1.807, 2.05) is 80.5 Å². The molecule has 0 aromatic heterocycles. The first-order chi connectivity index (χ1) is 13.4. The Morgan fingerprint density at radius 2 is 1.71 bits per heavy atom. The molecule has 0 saturated carbocycles. The van der Waals surface area contributed by atoms with Crippen LogP contribution in [-0.4, -0.2) is 37.9 Å². The molecule has 0 fully saturated rings. The molecule has 5 heteroatoms. The van der Waals surface area contributed by atoms with Crippen LogP contribution >= 0.6 is 0 Å². The number of rotatable bonds is 5. The summed E-state index contributed by atoms with van der Waals surface area (Å²) >= 11 is 0. The molecule has 1 aliphatic rings. The molecule has 1 aliphatic heterocycles. The number of amides is 2. The van der Waals surface area contributed by atoms with E-state index in [-0.39, 0.29) is 11.8 Å². The van der Waals surface area contributed by atoms with Gasteiger partial charge in [-0.15, -0.1) is 0 Å². The Morgan fingerprint density at radius 1 is 1.07 bits per heavy atom. The Balaban J connectivity index is 1.91. The maximum atomic E-state index is 13.1. The zero-order valence-electron chi connectivity index (χ0n) is 16.6. The largest absolute Gasteiger partial charge is 0.378 e. The summed E-state index contributed by atoms with van der Waals surface area (Å²) in [7, 11) is 5.64. The summed E-state index contributed by atoms with van der Waals surface area (Å²) in [6, 6.07) is 16.8. The van der Waals surface area contributed by atoms with Gasteiger partial charge in [0.05, 0.1) is 6.04 Å². The lowest BCUT2D eigenvalue weighted by Gasteiger charge is -2.33. The lowest BCUT2D eigenvalue weighted by molar-refractivity contribution is -0.111. The smallest absolute Gasteiger partial charge is 0.322 e. The second kappa shape index (κ2) is 8.13. The highest BCUT2D eigenvalue weighted by Gasteiger charge is 2.32. The van der Waals surface area contributed by atoms with E-state index in [2.05, 4.69) is 5.32 Å². The molecule has 2 amide bonds. The molecule has 0 saturated heterocycles. The molecule has 144 valence electrons. The van der Waals surface area contributed by atoms with Gasteiger partial charge in [0.1, 0.15) is 0 Å². The van der Waals surface area contributed by atoms with Crippen molar-refractivity contribution in [2.24, 2.45) is 0 Å². The van der Waals surface area contributed by atoms with Crippen LogP contribution in [-0.2, 0) is 4.79 Å². The Hall–Kier alpha value is -3.34. The molecule has 5 nitrogen and oxygen atoms in total. The number of carbonyl (C=O) groups is 2. The monoisotopic (exact) mass is 375 g/mol. The summed E-state index contributed by atoms with van der Waals surface area (Å²) in [6.07, 6.45) is 3.38. The van der Waals surface area contributed by atoms with Crippen LogP contribution in [0.3, 0.4) is 0 Å². The van der Waals surface area contributed by atoms with Crippen molar-refractivity contribution < 1.29 is 9.59 Å². The summed E-state index contributed by atoms with van der Waals surface area (Å²) < 4.78 is 0. The van der Waals surface area contributed by atoms with Crippen molar-refractivity contribution in [2.45, 2.75) is 13.0 Å². The molecule has 1 heterocycles. The summed E-state index contributed by atoms with van der Waals surface area (Å²) in [5.74, 6) is -0.116. The lowest BCUT2D eigenvalue weighted by Crippen LogP contribution is -2.45.